The maximum Gasteiger partial charge on any atom is 0.401 e. The highest BCUT2D eigenvalue weighted by Gasteiger charge is 2.38. The van der Waals surface area contributed by atoms with E-state index < -0.39 is 12.7 Å². The zero-order valence-electron chi connectivity index (χ0n) is 11.2. The molecule has 1 aliphatic carbocycles. The fourth-order valence-electron chi connectivity index (χ4n) is 2.21. The van der Waals surface area contributed by atoms with Crippen LogP contribution in [-0.2, 0) is 13.1 Å². The molecule has 2 rings (SSSR count). The fraction of sp³-hybridized carbons (Fsp3) is 0.692. The summed E-state index contributed by atoms with van der Waals surface area (Å²) in [7, 11) is 1.87. The molecular weight excluding hydrogens is 273 g/mol. The Balaban J connectivity index is 2.04. The topological polar surface area (TPSA) is 15.3 Å². The van der Waals surface area contributed by atoms with Crippen LogP contribution in [0.3, 0.4) is 0 Å². The van der Waals surface area contributed by atoms with E-state index in [1.807, 2.05) is 20.0 Å². The minimum absolute atomic E-state index is 0.119. The summed E-state index contributed by atoms with van der Waals surface area (Å²) in [4.78, 5) is 3.87. The van der Waals surface area contributed by atoms with Gasteiger partial charge in [0.05, 0.1) is 6.54 Å². The van der Waals surface area contributed by atoms with Gasteiger partial charge in [-0.05, 0) is 38.4 Å². The van der Waals surface area contributed by atoms with E-state index in [9.17, 15) is 13.2 Å². The number of hydrogen-bond acceptors (Lipinski definition) is 3. The van der Waals surface area contributed by atoms with Crippen LogP contribution >= 0.6 is 11.3 Å². The van der Waals surface area contributed by atoms with Gasteiger partial charge in [0.2, 0.25) is 0 Å². The molecule has 0 amide bonds. The largest absolute Gasteiger partial charge is 0.401 e. The fourth-order valence-corrected chi connectivity index (χ4v) is 3.27. The molecule has 0 atom stereocenters. The highest BCUT2D eigenvalue weighted by molar-refractivity contribution is 7.12. The van der Waals surface area contributed by atoms with Crippen LogP contribution in [0.2, 0.25) is 0 Å². The summed E-state index contributed by atoms with van der Waals surface area (Å²) in [6, 6.07) is 2.15. The van der Waals surface area contributed by atoms with Crippen molar-refractivity contribution in [1.29, 1.82) is 0 Å². The lowest BCUT2D eigenvalue weighted by atomic mass is 10.2. The Morgan fingerprint density at radius 1 is 1.42 bits per heavy atom. The molecule has 0 unspecified atom stereocenters. The summed E-state index contributed by atoms with van der Waals surface area (Å²) in [5.74, 6) is 0. The number of rotatable bonds is 6. The monoisotopic (exact) mass is 292 g/mol. The van der Waals surface area contributed by atoms with Gasteiger partial charge in [-0.25, -0.2) is 0 Å². The second kappa shape index (κ2) is 5.81. The van der Waals surface area contributed by atoms with E-state index in [1.165, 1.54) is 4.88 Å². The van der Waals surface area contributed by atoms with Crippen molar-refractivity contribution < 1.29 is 13.2 Å². The third kappa shape index (κ3) is 4.47. The van der Waals surface area contributed by atoms with Crippen molar-refractivity contribution in [2.45, 2.75) is 45.1 Å². The Morgan fingerprint density at radius 2 is 2.11 bits per heavy atom. The Labute approximate surface area is 115 Å². The molecule has 1 heterocycles. The van der Waals surface area contributed by atoms with Crippen LogP contribution < -0.4 is 5.32 Å². The zero-order chi connectivity index (χ0) is 14.0. The maximum absolute atomic E-state index is 12.6. The van der Waals surface area contributed by atoms with Gasteiger partial charge in [-0.3, -0.25) is 4.90 Å². The van der Waals surface area contributed by atoms with Gasteiger partial charge in [-0.1, -0.05) is 0 Å². The normalized spacial score (nSPS) is 16.3. The van der Waals surface area contributed by atoms with E-state index in [4.69, 9.17) is 0 Å². The van der Waals surface area contributed by atoms with Gasteiger partial charge < -0.3 is 5.32 Å². The molecule has 0 radical (unpaired) electrons. The number of alkyl halides is 3. The summed E-state index contributed by atoms with van der Waals surface area (Å²) in [6.45, 7) is 2.37. The van der Waals surface area contributed by atoms with E-state index in [-0.39, 0.29) is 6.04 Å². The first-order chi connectivity index (χ1) is 8.89. The molecule has 1 saturated carbocycles. The lowest BCUT2D eigenvalue weighted by Crippen LogP contribution is -2.35. The van der Waals surface area contributed by atoms with E-state index >= 15 is 0 Å². The van der Waals surface area contributed by atoms with Gasteiger partial charge in [0.25, 0.3) is 0 Å². The Kier molecular flexibility index (Phi) is 4.53. The first-order valence-electron chi connectivity index (χ1n) is 6.42. The van der Waals surface area contributed by atoms with Crippen LogP contribution in [-0.4, -0.2) is 30.7 Å². The lowest BCUT2D eigenvalue weighted by Gasteiger charge is -2.23. The molecule has 2 nitrogen and oxygen atoms in total. The molecule has 1 aromatic rings. The SMILES string of the molecule is CNCc1cc(CN(CC(F)(F)F)C2CC2)c(C)s1. The summed E-state index contributed by atoms with van der Waals surface area (Å²) >= 11 is 1.66. The molecule has 108 valence electrons. The number of thiophene rings is 1. The molecule has 0 saturated heterocycles. The molecule has 1 aliphatic rings. The van der Waals surface area contributed by atoms with Crippen molar-refractivity contribution in [2.75, 3.05) is 13.6 Å². The van der Waals surface area contributed by atoms with Crippen molar-refractivity contribution in [2.24, 2.45) is 0 Å². The van der Waals surface area contributed by atoms with Gasteiger partial charge in [0.15, 0.2) is 0 Å². The van der Waals surface area contributed by atoms with Gasteiger partial charge in [0.1, 0.15) is 0 Å². The number of hydrogen-bond donors (Lipinski definition) is 1. The second-order valence-electron chi connectivity index (χ2n) is 5.08. The second-order valence-corrected chi connectivity index (χ2v) is 6.42. The number of nitrogens with one attached hydrogen (secondary N) is 1. The van der Waals surface area contributed by atoms with Gasteiger partial charge in [-0.15, -0.1) is 11.3 Å². The van der Waals surface area contributed by atoms with Gasteiger partial charge >= 0.3 is 6.18 Å². The van der Waals surface area contributed by atoms with E-state index in [0.717, 1.165) is 29.8 Å². The quantitative estimate of drug-likeness (QED) is 0.865. The van der Waals surface area contributed by atoms with Crippen molar-refractivity contribution in [3.05, 3.63) is 21.4 Å². The van der Waals surface area contributed by atoms with Gasteiger partial charge in [-0.2, -0.15) is 13.2 Å². The molecule has 6 heteroatoms. The molecule has 0 aromatic carbocycles. The minimum Gasteiger partial charge on any atom is -0.315 e. The molecule has 1 fully saturated rings. The molecule has 19 heavy (non-hydrogen) atoms. The molecule has 0 spiro atoms. The number of nitrogens with zero attached hydrogens (tertiary/aromatic N) is 1. The van der Waals surface area contributed by atoms with Crippen LogP contribution in [0.15, 0.2) is 6.07 Å². The lowest BCUT2D eigenvalue weighted by molar-refractivity contribution is -0.148. The predicted octanol–water partition coefficient (Wildman–Crippen LogP) is 3.30. The average Bonchev–Trinajstić information content (AvgIpc) is 3.04. The first kappa shape index (κ1) is 14.8. The van der Waals surface area contributed by atoms with Crippen LogP contribution in [0.5, 0.6) is 0 Å². The molecule has 0 aliphatic heterocycles. The summed E-state index contributed by atoms with van der Waals surface area (Å²) < 4.78 is 37.7. The van der Waals surface area contributed by atoms with Crippen molar-refractivity contribution in [3.8, 4) is 0 Å². The van der Waals surface area contributed by atoms with Crippen molar-refractivity contribution >= 4 is 11.3 Å². The first-order valence-corrected chi connectivity index (χ1v) is 7.24. The highest BCUT2D eigenvalue weighted by Crippen LogP contribution is 2.33. The van der Waals surface area contributed by atoms with E-state index in [2.05, 4.69) is 5.32 Å². The predicted molar refractivity (Wildman–Crippen MR) is 71.3 cm³/mol. The highest BCUT2D eigenvalue weighted by atomic mass is 32.1. The minimum atomic E-state index is -4.11. The third-order valence-corrected chi connectivity index (χ3v) is 4.33. The van der Waals surface area contributed by atoms with Crippen molar-refractivity contribution in [3.63, 3.8) is 0 Å². The van der Waals surface area contributed by atoms with Crippen LogP contribution in [0.1, 0.15) is 28.2 Å². The van der Waals surface area contributed by atoms with Crippen LogP contribution in [0.25, 0.3) is 0 Å². The number of aryl methyl sites for hydroxylation is 1. The van der Waals surface area contributed by atoms with Crippen LogP contribution in [0.4, 0.5) is 13.2 Å². The Bertz CT molecular complexity index is 424. The van der Waals surface area contributed by atoms with E-state index in [1.54, 1.807) is 16.2 Å². The molecule has 0 bridgehead atoms. The Morgan fingerprint density at radius 3 is 2.63 bits per heavy atom. The summed E-state index contributed by atoms with van der Waals surface area (Å²) in [6.07, 6.45) is -2.33. The van der Waals surface area contributed by atoms with Crippen molar-refractivity contribution in [1.82, 2.24) is 10.2 Å². The third-order valence-electron chi connectivity index (χ3n) is 3.24. The van der Waals surface area contributed by atoms with E-state index in [0.29, 0.717) is 6.54 Å². The van der Waals surface area contributed by atoms with Gasteiger partial charge in [0, 0.05) is 28.9 Å². The maximum atomic E-state index is 12.6. The average molecular weight is 292 g/mol. The number of halogens is 3. The smallest absolute Gasteiger partial charge is 0.315 e. The zero-order valence-corrected chi connectivity index (χ0v) is 12.0. The summed E-state index contributed by atoms with van der Waals surface area (Å²) in [5.41, 5.74) is 1.03. The molecule has 1 aromatic heterocycles. The summed E-state index contributed by atoms with van der Waals surface area (Å²) in [5, 5.41) is 3.07. The molecular formula is C13H19F3N2S. The van der Waals surface area contributed by atoms with Crippen LogP contribution in [0, 0.1) is 6.92 Å². The molecule has 1 N–H and O–H groups in total. The Hall–Kier alpha value is -0.590. The standard InChI is InChI=1S/C13H19F3N2S/c1-9-10(5-12(19-9)6-17-2)7-18(11-3-4-11)8-13(14,15)16/h5,11,17H,3-4,6-8H2,1-2H3.